The molecule has 1 atom stereocenters. The molecule has 2 aromatic rings. The van der Waals surface area contributed by atoms with Crippen LogP contribution < -0.4 is 10.6 Å². The molecule has 0 aliphatic carbocycles. The van der Waals surface area contributed by atoms with E-state index in [0.29, 0.717) is 12.1 Å². The molecule has 0 saturated carbocycles. The molecule has 0 aliphatic heterocycles. The Labute approximate surface area is 131 Å². The number of amides is 1. The third kappa shape index (κ3) is 4.34. The van der Waals surface area contributed by atoms with E-state index < -0.39 is 0 Å². The summed E-state index contributed by atoms with van der Waals surface area (Å²) in [5.74, 6) is -0.0820. The zero-order valence-electron chi connectivity index (χ0n) is 11.4. The lowest BCUT2D eigenvalue weighted by Gasteiger charge is -2.12. The maximum absolute atomic E-state index is 12.1. The van der Waals surface area contributed by atoms with E-state index >= 15 is 0 Å². The molecule has 1 heterocycles. The zero-order chi connectivity index (χ0) is 13.0. The predicted molar refractivity (Wildman–Crippen MR) is 87.1 cm³/mol. The van der Waals surface area contributed by atoms with E-state index in [9.17, 15) is 4.79 Å². The Morgan fingerprint density at radius 3 is 2.65 bits per heavy atom. The van der Waals surface area contributed by atoms with Gasteiger partial charge in [-0.15, -0.1) is 24.8 Å². The summed E-state index contributed by atoms with van der Waals surface area (Å²) in [6.45, 7) is 2.61. The number of carbonyl (C=O) groups is 1. The highest BCUT2D eigenvalue weighted by atomic mass is 35.5. The number of rotatable bonds is 4. The summed E-state index contributed by atoms with van der Waals surface area (Å²) in [6, 6.07) is 9.70. The number of para-hydroxylation sites is 1. The Kier molecular flexibility index (Phi) is 8.15. The molecular weight excluding hydrogens is 297 g/mol. The zero-order valence-corrected chi connectivity index (χ0v) is 13.1. The van der Waals surface area contributed by atoms with E-state index in [1.165, 1.54) is 0 Å². The molecule has 2 rings (SSSR count). The predicted octanol–water partition coefficient (Wildman–Crippen LogP) is 2.42. The molecule has 1 aromatic heterocycles. The summed E-state index contributed by atoms with van der Waals surface area (Å²) in [5, 5.41) is 6.96. The van der Waals surface area contributed by atoms with Crippen LogP contribution in [0, 0.1) is 0 Å². The Morgan fingerprint density at radius 2 is 1.95 bits per heavy atom. The van der Waals surface area contributed by atoms with Gasteiger partial charge in [0.2, 0.25) is 0 Å². The standard InChI is InChI=1S/C14H17N3O.2ClH/c1-10(15-2)9-17-14(18)12-7-3-5-11-6-4-8-16-13(11)12;;/h3-8,10,15H,9H2,1-2H3,(H,17,18);2*1H. The number of carbonyl (C=O) groups excluding carboxylic acids is 1. The largest absolute Gasteiger partial charge is 0.350 e. The van der Waals surface area contributed by atoms with Crippen molar-refractivity contribution in [2.24, 2.45) is 0 Å². The van der Waals surface area contributed by atoms with Crippen molar-refractivity contribution < 1.29 is 4.79 Å². The van der Waals surface area contributed by atoms with Crippen molar-refractivity contribution in [3.63, 3.8) is 0 Å². The van der Waals surface area contributed by atoms with Crippen LogP contribution in [0.1, 0.15) is 17.3 Å². The molecule has 2 N–H and O–H groups in total. The van der Waals surface area contributed by atoms with Gasteiger partial charge in [-0.05, 0) is 26.1 Å². The first-order valence-corrected chi connectivity index (χ1v) is 6.01. The fourth-order valence-electron chi connectivity index (χ4n) is 1.73. The molecule has 6 heteroatoms. The first-order valence-electron chi connectivity index (χ1n) is 6.01. The normalized spacial score (nSPS) is 11.1. The van der Waals surface area contributed by atoms with Crippen LogP contribution in [-0.4, -0.2) is 30.5 Å². The van der Waals surface area contributed by atoms with Crippen molar-refractivity contribution in [2.75, 3.05) is 13.6 Å². The van der Waals surface area contributed by atoms with Crippen LogP contribution in [0.25, 0.3) is 10.9 Å². The number of hydrogen-bond acceptors (Lipinski definition) is 3. The minimum Gasteiger partial charge on any atom is -0.350 e. The summed E-state index contributed by atoms with van der Waals surface area (Å²) in [4.78, 5) is 16.4. The van der Waals surface area contributed by atoms with E-state index in [-0.39, 0.29) is 36.8 Å². The number of likely N-dealkylation sites (N-methyl/N-ethyl adjacent to an activating group) is 1. The molecule has 110 valence electrons. The molecule has 0 aliphatic rings. The highest BCUT2D eigenvalue weighted by Gasteiger charge is 2.10. The summed E-state index contributed by atoms with van der Waals surface area (Å²) < 4.78 is 0. The molecule has 0 fully saturated rings. The van der Waals surface area contributed by atoms with Crippen LogP contribution in [0.4, 0.5) is 0 Å². The first kappa shape index (κ1) is 18.6. The number of nitrogens with zero attached hydrogens (tertiary/aromatic N) is 1. The number of pyridine rings is 1. The Morgan fingerprint density at radius 1 is 1.25 bits per heavy atom. The van der Waals surface area contributed by atoms with Gasteiger partial charge in [0.1, 0.15) is 0 Å². The van der Waals surface area contributed by atoms with Gasteiger partial charge in [0, 0.05) is 24.2 Å². The Bertz CT molecular complexity index is 558. The van der Waals surface area contributed by atoms with Crippen LogP contribution in [0.3, 0.4) is 0 Å². The van der Waals surface area contributed by atoms with Crippen molar-refractivity contribution in [2.45, 2.75) is 13.0 Å². The van der Waals surface area contributed by atoms with Crippen LogP contribution in [0.5, 0.6) is 0 Å². The second kappa shape index (κ2) is 8.74. The van der Waals surface area contributed by atoms with Gasteiger partial charge in [0.15, 0.2) is 0 Å². The molecule has 20 heavy (non-hydrogen) atoms. The maximum Gasteiger partial charge on any atom is 0.253 e. The van der Waals surface area contributed by atoms with Crippen molar-refractivity contribution in [1.82, 2.24) is 15.6 Å². The van der Waals surface area contributed by atoms with Crippen molar-refractivity contribution >= 4 is 41.6 Å². The van der Waals surface area contributed by atoms with E-state index in [1.54, 1.807) is 12.3 Å². The van der Waals surface area contributed by atoms with Gasteiger partial charge in [-0.25, -0.2) is 0 Å². The van der Waals surface area contributed by atoms with E-state index in [2.05, 4.69) is 15.6 Å². The van der Waals surface area contributed by atoms with Crippen molar-refractivity contribution in [1.29, 1.82) is 0 Å². The third-order valence-corrected chi connectivity index (χ3v) is 2.94. The van der Waals surface area contributed by atoms with Crippen LogP contribution >= 0.6 is 24.8 Å². The third-order valence-electron chi connectivity index (χ3n) is 2.94. The molecule has 1 unspecified atom stereocenters. The average molecular weight is 316 g/mol. The van der Waals surface area contributed by atoms with Gasteiger partial charge in [-0.3, -0.25) is 9.78 Å². The lowest BCUT2D eigenvalue weighted by molar-refractivity contribution is 0.0952. The fourth-order valence-corrected chi connectivity index (χ4v) is 1.73. The summed E-state index contributed by atoms with van der Waals surface area (Å²) in [6.07, 6.45) is 1.70. The van der Waals surface area contributed by atoms with E-state index in [4.69, 9.17) is 0 Å². The van der Waals surface area contributed by atoms with E-state index in [0.717, 1.165) is 10.9 Å². The minimum atomic E-state index is -0.0820. The number of aromatic nitrogens is 1. The smallest absolute Gasteiger partial charge is 0.253 e. The van der Waals surface area contributed by atoms with Gasteiger partial charge in [0.25, 0.3) is 5.91 Å². The number of benzene rings is 1. The Balaban J connectivity index is 0.00000180. The summed E-state index contributed by atoms with van der Waals surface area (Å²) >= 11 is 0. The molecule has 0 saturated heterocycles. The topological polar surface area (TPSA) is 54.0 Å². The number of hydrogen-bond donors (Lipinski definition) is 2. The monoisotopic (exact) mass is 315 g/mol. The van der Waals surface area contributed by atoms with Crippen molar-refractivity contribution in [3.05, 3.63) is 42.1 Å². The molecule has 4 nitrogen and oxygen atoms in total. The second-order valence-electron chi connectivity index (χ2n) is 4.28. The number of nitrogens with one attached hydrogen (secondary N) is 2. The minimum absolute atomic E-state index is 0. The van der Waals surface area contributed by atoms with Gasteiger partial charge in [-0.2, -0.15) is 0 Å². The number of fused-ring (bicyclic) bond motifs is 1. The fraction of sp³-hybridized carbons (Fsp3) is 0.286. The SMILES string of the molecule is CNC(C)CNC(=O)c1cccc2cccnc12.Cl.Cl. The lowest BCUT2D eigenvalue weighted by Crippen LogP contribution is -2.37. The first-order chi connectivity index (χ1) is 8.72. The van der Waals surface area contributed by atoms with Gasteiger partial charge in [0.05, 0.1) is 11.1 Å². The lowest BCUT2D eigenvalue weighted by atomic mass is 10.1. The molecule has 0 radical (unpaired) electrons. The summed E-state index contributed by atoms with van der Waals surface area (Å²) in [7, 11) is 1.87. The quantitative estimate of drug-likeness (QED) is 0.911. The van der Waals surface area contributed by atoms with Crippen LogP contribution in [0.2, 0.25) is 0 Å². The van der Waals surface area contributed by atoms with Crippen molar-refractivity contribution in [3.8, 4) is 0 Å². The van der Waals surface area contributed by atoms with Gasteiger partial charge < -0.3 is 10.6 Å². The molecule has 1 aromatic carbocycles. The molecule has 0 spiro atoms. The highest BCUT2D eigenvalue weighted by molar-refractivity contribution is 6.05. The molecular formula is C14H19Cl2N3O. The summed E-state index contributed by atoms with van der Waals surface area (Å²) in [5.41, 5.74) is 1.37. The second-order valence-corrected chi connectivity index (χ2v) is 4.28. The average Bonchev–Trinajstić information content (AvgIpc) is 2.43. The van der Waals surface area contributed by atoms with Gasteiger partial charge >= 0.3 is 0 Å². The number of halogens is 2. The van der Waals surface area contributed by atoms with Crippen LogP contribution in [0.15, 0.2) is 36.5 Å². The van der Waals surface area contributed by atoms with Gasteiger partial charge in [-0.1, -0.05) is 18.2 Å². The molecule has 1 amide bonds. The van der Waals surface area contributed by atoms with E-state index in [1.807, 2.05) is 38.2 Å². The maximum atomic E-state index is 12.1. The van der Waals surface area contributed by atoms with Crippen LogP contribution in [-0.2, 0) is 0 Å². The highest BCUT2D eigenvalue weighted by Crippen LogP contribution is 2.15. The Hall–Kier alpha value is -1.36. The molecule has 0 bridgehead atoms.